The van der Waals surface area contributed by atoms with Crippen LogP contribution in [0.4, 0.5) is 18.9 Å². The van der Waals surface area contributed by atoms with Gasteiger partial charge in [-0.15, -0.1) is 10.2 Å². The lowest BCUT2D eigenvalue weighted by atomic mass is 9.62. The van der Waals surface area contributed by atoms with Crippen LogP contribution in [0, 0.1) is 5.92 Å². The number of alkyl halides is 3. The van der Waals surface area contributed by atoms with Crippen molar-refractivity contribution in [2.45, 2.75) is 63.4 Å². The number of anilines is 1. The number of rotatable bonds is 5. The summed E-state index contributed by atoms with van der Waals surface area (Å²) in [5, 5.41) is 18.5. The molecule has 1 saturated heterocycles. The molecule has 3 aliphatic rings. The van der Waals surface area contributed by atoms with Crippen molar-refractivity contribution in [1.29, 1.82) is 0 Å². The number of hydrogen-bond acceptors (Lipinski definition) is 5. The molecule has 2 aromatic carbocycles. The number of fused-ring (bicyclic) bond motifs is 1. The number of carbonyl (C=O) groups excluding carboxylic acids is 1. The van der Waals surface area contributed by atoms with Crippen LogP contribution in [0.1, 0.15) is 71.0 Å². The van der Waals surface area contributed by atoms with Crippen molar-refractivity contribution in [2.75, 3.05) is 18.0 Å². The third kappa shape index (κ3) is 4.53. The van der Waals surface area contributed by atoms with Gasteiger partial charge >= 0.3 is 6.18 Å². The first-order chi connectivity index (χ1) is 18.5. The molecule has 0 unspecified atom stereocenters. The summed E-state index contributed by atoms with van der Waals surface area (Å²) in [6.07, 6.45) is -0.398. The average molecular weight is 540 g/mol. The van der Waals surface area contributed by atoms with E-state index in [4.69, 9.17) is 0 Å². The van der Waals surface area contributed by atoms with Gasteiger partial charge in [0.15, 0.2) is 0 Å². The number of carbonyl (C=O) groups is 1. The lowest BCUT2D eigenvalue weighted by Crippen LogP contribution is -2.47. The summed E-state index contributed by atoms with van der Waals surface area (Å²) in [5.41, 5.74) is 0.727. The minimum Gasteiger partial charge on any atom is -0.393 e. The van der Waals surface area contributed by atoms with Crippen LogP contribution in [0.2, 0.25) is 0 Å². The van der Waals surface area contributed by atoms with Crippen LogP contribution in [-0.4, -0.2) is 49.9 Å². The Kier molecular flexibility index (Phi) is 6.30. The number of halogens is 3. The second-order valence-electron chi connectivity index (χ2n) is 11.5. The molecule has 6 rings (SSSR count). The smallest absolute Gasteiger partial charge is 0.393 e. The predicted octanol–water partition coefficient (Wildman–Crippen LogP) is 4.67. The molecule has 3 heterocycles. The third-order valence-electron chi connectivity index (χ3n) is 8.57. The molecule has 1 atom stereocenters. The second kappa shape index (κ2) is 9.45. The van der Waals surface area contributed by atoms with Crippen LogP contribution in [0.5, 0.6) is 0 Å². The molecule has 39 heavy (non-hydrogen) atoms. The van der Waals surface area contributed by atoms with Crippen LogP contribution in [0.25, 0.3) is 0 Å². The monoisotopic (exact) mass is 539 g/mol. The minimum absolute atomic E-state index is 0.0238. The molecule has 206 valence electrons. The van der Waals surface area contributed by atoms with E-state index in [0.29, 0.717) is 42.4 Å². The summed E-state index contributed by atoms with van der Waals surface area (Å²) in [6, 6.07) is 10.2. The van der Waals surface area contributed by atoms with Crippen molar-refractivity contribution in [3.8, 4) is 0 Å². The van der Waals surface area contributed by atoms with Gasteiger partial charge in [-0.05, 0) is 79.1 Å². The van der Waals surface area contributed by atoms with E-state index in [1.165, 1.54) is 11.0 Å². The van der Waals surface area contributed by atoms with Gasteiger partial charge in [0.25, 0.3) is 5.91 Å². The summed E-state index contributed by atoms with van der Waals surface area (Å²) < 4.78 is 44.5. The topological polar surface area (TPSA) is 74.5 Å². The number of benzene rings is 2. The molecule has 1 N–H and O–H groups in total. The van der Waals surface area contributed by atoms with E-state index in [1.807, 2.05) is 23.7 Å². The predicted molar refractivity (Wildman–Crippen MR) is 139 cm³/mol. The lowest BCUT2D eigenvalue weighted by molar-refractivity contribution is -0.138. The Labute approximate surface area is 225 Å². The molecule has 1 amide bonds. The Hall–Kier alpha value is -3.24. The first kappa shape index (κ1) is 26.0. The number of aryl methyl sites for hydroxylation is 1. The highest BCUT2D eigenvalue weighted by atomic mass is 19.4. The fourth-order valence-corrected chi connectivity index (χ4v) is 6.69. The number of aliphatic hydroxyl groups excluding tert-OH is 1. The summed E-state index contributed by atoms with van der Waals surface area (Å²) in [6.45, 7) is 4.09. The van der Waals surface area contributed by atoms with Gasteiger partial charge in [-0.25, -0.2) is 0 Å². The quantitative estimate of drug-likeness (QED) is 0.510. The van der Waals surface area contributed by atoms with Gasteiger partial charge in [-0.1, -0.05) is 19.1 Å². The Morgan fingerprint density at radius 3 is 2.64 bits per heavy atom. The molecule has 2 aliphatic heterocycles. The molecular formula is C29H32F3N5O2. The molecule has 0 spiro atoms. The van der Waals surface area contributed by atoms with Crippen LogP contribution in [0.3, 0.4) is 0 Å². The zero-order valence-electron chi connectivity index (χ0n) is 22.1. The van der Waals surface area contributed by atoms with Gasteiger partial charge in [0.1, 0.15) is 12.2 Å². The number of hydrogen-bond donors (Lipinski definition) is 1. The third-order valence-corrected chi connectivity index (χ3v) is 8.57. The summed E-state index contributed by atoms with van der Waals surface area (Å²) >= 11 is 0. The number of likely N-dealkylation sites (tertiary alicyclic amines) is 1. The van der Waals surface area contributed by atoms with Gasteiger partial charge in [0.05, 0.1) is 23.6 Å². The van der Waals surface area contributed by atoms with Gasteiger partial charge in [-0.2, -0.15) is 13.2 Å². The van der Waals surface area contributed by atoms with E-state index in [2.05, 4.69) is 22.0 Å². The number of piperidine rings is 1. The summed E-state index contributed by atoms with van der Waals surface area (Å²) in [5.74, 6) is 0.779. The van der Waals surface area contributed by atoms with Crippen molar-refractivity contribution in [3.05, 3.63) is 76.4 Å². The SMILES string of the molecule is C[C@H]1CCCN(Cc2cc3c(c(C(F)(F)F)c2)CN(c2cccc(C4(c5nncn5C)CC(O)C4)c2)C3=O)C1. The van der Waals surface area contributed by atoms with Gasteiger partial charge in [0.2, 0.25) is 0 Å². The Morgan fingerprint density at radius 2 is 1.97 bits per heavy atom. The molecule has 2 fully saturated rings. The molecule has 0 bridgehead atoms. The maximum Gasteiger partial charge on any atom is 0.416 e. The molecule has 1 aliphatic carbocycles. The zero-order valence-corrected chi connectivity index (χ0v) is 22.1. The van der Waals surface area contributed by atoms with Gasteiger partial charge < -0.3 is 14.6 Å². The normalized spacial score (nSPS) is 25.6. The highest BCUT2D eigenvalue weighted by Gasteiger charge is 2.50. The maximum absolute atomic E-state index is 14.2. The molecule has 1 saturated carbocycles. The van der Waals surface area contributed by atoms with Crippen molar-refractivity contribution >= 4 is 11.6 Å². The van der Waals surface area contributed by atoms with Crippen molar-refractivity contribution < 1.29 is 23.1 Å². The molecule has 10 heteroatoms. The zero-order chi connectivity index (χ0) is 27.5. The Bertz CT molecular complexity index is 1410. The molecule has 0 radical (unpaired) electrons. The first-order valence-electron chi connectivity index (χ1n) is 13.5. The van der Waals surface area contributed by atoms with Crippen molar-refractivity contribution in [3.63, 3.8) is 0 Å². The lowest BCUT2D eigenvalue weighted by Gasteiger charge is -2.45. The highest BCUT2D eigenvalue weighted by Crippen LogP contribution is 2.49. The minimum atomic E-state index is -4.56. The van der Waals surface area contributed by atoms with Gasteiger partial charge in [0, 0.05) is 31.4 Å². The summed E-state index contributed by atoms with van der Waals surface area (Å²) in [7, 11) is 1.84. The van der Waals surface area contributed by atoms with E-state index in [1.54, 1.807) is 24.5 Å². The summed E-state index contributed by atoms with van der Waals surface area (Å²) in [4.78, 5) is 17.2. The fourth-order valence-electron chi connectivity index (χ4n) is 6.69. The Balaban J connectivity index is 1.34. The molecule has 1 aromatic heterocycles. The van der Waals surface area contributed by atoms with E-state index < -0.39 is 29.2 Å². The molecule has 3 aromatic rings. The van der Waals surface area contributed by atoms with Crippen molar-refractivity contribution in [1.82, 2.24) is 19.7 Å². The van der Waals surface area contributed by atoms with Crippen LogP contribution in [0.15, 0.2) is 42.7 Å². The largest absolute Gasteiger partial charge is 0.416 e. The molecular weight excluding hydrogens is 507 g/mol. The number of aromatic nitrogens is 3. The Morgan fingerprint density at radius 1 is 1.18 bits per heavy atom. The number of aliphatic hydroxyl groups is 1. The van der Waals surface area contributed by atoms with Gasteiger partial charge in [-0.3, -0.25) is 9.69 Å². The van der Waals surface area contributed by atoms with E-state index >= 15 is 0 Å². The standard InChI is InChI=1S/C29H32F3N5O2/c1-18-5-4-8-36(14-18)15-19-9-23-24(25(10-19)29(30,31)32)16-37(26(23)39)21-7-3-6-20(11-21)28(12-22(38)13-28)27-34-33-17-35(27)2/h3,6-7,9-11,17-18,22,38H,4-5,8,12-16H2,1-2H3/t18-,22?,28?/m0/s1. The first-order valence-corrected chi connectivity index (χ1v) is 13.5. The number of amides is 1. The second-order valence-corrected chi connectivity index (χ2v) is 11.5. The number of nitrogens with zero attached hydrogens (tertiary/aromatic N) is 5. The van der Waals surface area contributed by atoms with Crippen LogP contribution >= 0.6 is 0 Å². The van der Waals surface area contributed by atoms with Crippen LogP contribution < -0.4 is 4.90 Å². The fraction of sp³-hybridized carbons (Fsp3) is 0.483. The molecule has 7 nitrogen and oxygen atoms in total. The maximum atomic E-state index is 14.2. The van der Waals surface area contributed by atoms with E-state index in [0.717, 1.165) is 31.5 Å². The van der Waals surface area contributed by atoms with E-state index in [9.17, 15) is 23.1 Å². The van der Waals surface area contributed by atoms with Crippen molar-refractivity contribution in [2.24, 2.45) is 13.0 Å². The van der Waals surface area contributed by atoms with Crippen LogP contribution in [-0.2, 0) is 31.7 Å². The van der Waals surface area contributed by atoms with E-state index in [-0.39, 0.29) is 17.7 Å². The average Bonchev–Trinajstić information content (AvgIpc) is 3.44. The highest BCUT2D eigenvalue weighted by molar-refractivity contribution is 6.10.